The van der Waals surface area contributed by atoms with E-state index < -0.39 is 11.4 Å². The third-order valence-corrected chi connectivity index (χ3v) is 2.00. The first-order valence-electron chi connectivity index (χ1n) is 4.45. The Kier molecular flexibility index (Phi) is 3.24. The molecule has 0 unspecified atom stereocenters. The summed E-state index contributed by atoms with van der Waals surface area (Å²) in [6.07, 6.45) is 0. The highest BCUT2D eigenvalue weighted by Crippen LogP contribution is 2.23. The largest absolute Gasteiger partial charge is 0.386 e. The van der Waals surface area contributed by atoms with Crippen LogP contribution in [-0.4, -0.2) is 12.2 Å². The Hall–Kier alpha value is -0.930. The summed E-state index contributed by atoms with van der Waals surface area (Å²) in [4.78, 5) is 0. The zero-order valence-corrected chi connectivity index (χ0v) is 8.67. The van der Waals surface area contributed by atoms with Crippen LogP contribution in [0.3, 0.4) is 0 Å². The molecule has 2 nitrogen and oxygen atoms in total. The molecule has 1 N–H and O–H groups in total. The van der Waals surface area contributed by atoms with Gasteiger partial charge in [-0.3, -0.25) is 0 Å². The van der Waals surface area contributed by atoms with Gasteiger partial charge in [-0.15, -0.1) is 0 Å². The molecule has 0 fully saturated rings. The van der Waals surface area contributed by atoms with Gasteiger partial charge in [-0.25, -0.2) is 4.39 Å². The molecular weight excluding hydrogens is 183 g/mol. The summed E-state index contributed by atoms with van der Waals surface area (Å²) in [5.74, 6) is -0.396. The monoisotopic (exact) mass is 198 g/mol. The normalized spacial score (nSPS) is 11.8. The van der Waals surface area contributed by atoms with Crippen LogP contribution in [0.5, 0.6) is 0 Å². The van der Waals surface area contributed by atoms with Gasteiger partial charge < -0.3 is 9.84 Å². The van der Waals surface area contributed by atoms with E-state index in [4.69, 9.17) is 4.74 Å². The third-order valence-electron chi connectivity index (χ3n) is 2.00. The molecule has 0 atom stereocenters. The van der Waals surface area contributed by atoms with E-state index in [1.807, 2.05) is 0 Å². The lowest BCUT2D eigenvalue weighted by atomic mass is 9.97. The quantitative estimate of drug-likeness (QED) is 0.806. The Morgan fingerprint density at radius 2 is 2.07 bits per heavy atom. The first-order chi connectivity index (χ1) is 6.45. The van der Waals surface area contributed by atoms with Gasteiger partial charge in [-0.05, 0) is 25.5 Å². The molecular formula is C11H15FO2. The summed E-state index contributed by atoms with van der Waals surface area (Å²) in [6.45, 7) is 3.49. The number of rotatable bonds is 3. The molecule has 78 valence electrons. The van der Waals surface area contributed by atoms with Crippen LogP contribution in [0.25, 0.3) is 0 Å². The van der Waals surface area contributed by atoms with Crippen molar-refractivity contribution in [1.82, 2.24) is 0 Å². The second kappa shape index (κ2) is 4.07. The van der Waals surface area contributed by atoms with E-state index in [1.165, 1.54) is 6.07 Å². The summed E-state index contributed by atoms with van der Waals surface area (Å²) in [5, 5.41) is 9.62. The Morgan fingerprint density at radius 1 is 1.43 bits per heavy atom. The van der Waals surface area contributed by atoms with Crippen molar-refractivity contribution in [3.63, 3.8) is 0 Å². The number of methoxy groups -OCH3 is 1. The Balaban J connectivity index is 3.02. The standard InChI is InChI=1S/C11H15FO2/c1-11(2,13)9-5-4-8(7-14-3)6-10(9)12/h4-6,13H,7H2,1-3H3. The SMILES string of the molecule is COCc1ccc(C(C)(C)O)c(F)c1. The molecule has 0 aliphatic rings. The lowest BCUT2D eigenvalue weighted by Gasteiger charge is -2.18. The van der Waals surface area contributed by atoms with Crippen molar-refractivity contribution < 1.29 is 14.2 Å². The van der Waals surface area contributed by atoms with Crippen molar-refractivity contribution in [3.8, 4) is 0 Å². The average molecular weight is 198 g/mol. The minimum Gasteiger partial charge on any atom is -0.386 e. The van der Waals surface area contributed by atoms with Crippen LogP contribution in [0, 0.1) is 5.82 Å². The zero-order chi connectivity index (χ0) is 10.8. The second-order valence-corrected chi connectivity index (χ2v) is 3.81. The molecule has 0 aromatic heterocycles. The minimum atomic E-state index is -1.14. The lowest BCUT2D eigenvalue weighted by Crippen LogP contribution is -2.17. The molecule has 0 aliphatic heterocycles. The van der Waals surface area contributed by atoms with Gasteiger partial charge in [0, 0.05) is 12.7 Å². The van der Waals surface area contributed by atoms with Gasteiger partial charge in [0.15, 0.2) is 0 Å². The summed E-state index contributed by atoms with van der Waals surface area (Å²) in [7, 11) is 1.56. The van der Waals surface area contributed by atoms with E-state index in [-0.39, 0.29) is 0 Å². The van der Waals surface area contributed by atoms with Crippen molar-refractivity contribution in [2.24, 2.45) is 0 Å². The average Bonchev–Trinajstić information content (AvgIpc) is 2.02. The van der Waals surface area contributed by atoms with Gasteiger partial charge in [-0.1, -0.05) is 12.1 Å². The smallest absolute Gasteiger partial charge is 0.129 e. The number of aliphatic hydroxyl groups is 1. The van der Waals surface area contributed by atoms with Gasteiger partial charge in [-0.2, -0.15) is 0 Å². The van der Waals surface area contributed by atoms with Crippen molar-refractivity contribution in [2.75, 3.05) is 7.11 Å². The van der Waals surface area contributed by atoms with Crippen molar-refractivity contribution >= 4 is 0 Å². The number of hydrogen-bond donors (Lipinski definition) is 1. The molecule has 1 aromatic rings. The van der Waals surface area contributed by atoms with Crippen LogP contribution in [0.15, 0.2) is 18.2 Å². The van der Waals surface area contributed by atoms with Gasteiger partial charge in [0.05, 0.1) is 12.2 Å². The van der Waals surface area contributed by atoms with E-state index in [1.54, 1.807) is 33.1 Å². The summed E-state index contributed by atoms with van der Waals surface area (Å²) in [5.41, 5.74) is -0.0780. The first-order valence-corrected chi connectivity index (χ1v) is 4.45. The van der Waals surface area contributed by atoms with Gasteiger partial charge >= 0.3 is 0 Å². The third kappa shape index (κ3) is 2.53. The molecule has 1 aromatic carbocycles. The predicted octanol–water partition coefficient (Wildman–Crippen LogP) is 2.20. The molecule has 0 aliphatic carbocycles. The Labute approximate surface area is 83.3 Å². The van der Waals surface area contributed by atoms with Gasteiger partial charge in [0.1, 0.15) is 5.82 Å². The molecule has 0 amide bonds. The van der Waals surface area contributed by atoms with E-state index in [0.717, 1.165) is 5.56 Å². The molecule has 0 saturated carbocycles. The van der Waals surface area contributed by atoms with E-state index >= 15 is 0 Å². The molecule has 0 bridgehead atoms. The fraction of sp³-hybridized carbons (Fsp3) is 0.455. The lowest BCUT2D eigenvalue weighted by molar-refractivity contribution is 0.0744. The zero-order valence-electron chi connectivity index (χ0n) is 8.67. The van der Waals surface area contributed by atoms with E-state index in [2.05, 4.69) is 0 Å². The van der Waals surface area contributed by atoms with Crippen LogP contribution >= 0.6 is 0 Å². The Bertz CT molecular complexity index is 316. The molecule has 14 heavy (non-hydrogen) atoms. The topological polar surface area (TPSA) is 29.5 Å². The summed E-state index contributed by atoms with van der Waals surface area (Å²) < 4.78 is 18.3. The van der Waals surface area contributed by atoms with Crippen molar-refractivity contribution in [3.05, 3.63) is 35.1 Å². The van der Waals surface area contributed by atoms with Crippen molar-refractivity contribution in [2.45, 2.75) is 26.1 Å². The highest BCUT2D eigenvalue weighted by Gasteiger charge is 2.20. The highest BCUT2D eigenvalue weighted by molar-refractivity contribution is 5.27. The van der Waals surface area contributed by atoms with Crippen LogP contribution in [0.4, 0.5) is 4.39 Å². The van der Waals surface area contributed by atoms with Gasteiger partial charge in [0.2, 0.25) is 0 Å². The number of benzene rings is 1. The van der Waals surface area contributed by atoms with Crippen LogP contribution in [0.2, 0.25) is 0 Å². The van der Waals surface area contributed by atoms with Crippen LogP contribution in [-0.2, 0) is 16.9 Å². The summed E-state index contributed by atoms with van der Waals surface area (Å²) in [6, 6.07) is 4.72. The number of halogens is 1. The maximum absolute atomic E-state index is 13.5. The maximum atomic E-state index is 13.5. The first kappa shape index (κ1) is 11.1. The van der Waals surface area contributed by atoms with Crippen molar-refractivity contribution in [1.29, 1.82) is 0 Å². The van der Waals surface area contributed by atoms with Gasteiger partial charge in [0.25, 0.3) is 0 Å². The molecule has 3 heteroatoms. The van der Waals surface area contributed by atoms with E-state index in [0.29, 0.717) is 12.2 Å². The van der Waals surface area contributed by atoms with E-state index in [9.17, 15) is 9.50 Å². The molecule has 0 radical (unpaired) electrons. The fourth-order valence-electron chi connectivity index (χ4n) is 1.31. The molecule has 0 saturated heterocycles. The summed E-state index contributed by atoms with van der Waals surface area (Å²) >= 11 is 0. The molecule has 0 heterocycles. The van der Waals surface area contributed by atoms with Crippen LogP contribution in [0.1, 0.15) is 25.0 Å². The van der Waals surface area contributed by atoms with Crippen LogP contribution < -0.4 is 0 Å². The predicted molar refractivity (Wildman–Crippen MR) is 52.4 cm³/mol. The minimum absolute atomic E-state index is 0.303. The number of ether oxygens (including phenoxy) is 1. The Morgan fingerprint density at radius 3 is 2.50 bits per heavy atom. The maximum Gasteiger partial charge on any atom is 0.129 e. The second-order valence-electron chi connectivity index (χ2n) is 3.81. The number of hydrogen-bond acceptors (Lipinski definition) is 2. The molecule has 0 spiro atoms. The fourth-order valence-corrected chi connectivity index (χ4v) is 1.31. The highest BCUT2D eigenvalue weighted by atomic mass is 19.1. The molecule has 1 rings (SSSR count).